The summed E-state index contributed by atoms with van der Waals surface area (Å²) in [6.45, 7) is 1.63. The molecule has 2 N–H and O–H groups in total. The number of pyridine rings is 1. The van der Waals surface area contributed by atoms with E-state index in [9.17, 15) is 23.1 Å². The highest BCUT2D eigenvalue weighted by molar-refractivity contribution is 6.03. The molecule has 1 aromatic carbocycles. The summed E-state index contributed by atoms with van der Waals surface area (Å²) in [6, 6.07) is 4.33. The summed E-state index contributed by atoms with van der Waals surface area (Å²) in [5.41, 5.74) is 0.0898. The molecule has 0 spiro atoms. The minimum atomic E-state index is -4.70. The van der Waals surface area contributed by atoms with Gasteiger partial charge in [-0.1, -0.05) is 6.08 Å². The third-order valence-corrected chi connectivity index (χ3v) is 4.95. The van der Waals surface area contributed by atoms with E-state index in [4.69, 9.17) is 14.9 Å². The summed E-state index contributed by atoms with van der Waals surface area (Å²) in [5.74, 6) is -1.41. The lowest BCUT2D eigenvalue weighted by Gasteiger charge is -2.28. The van der Waals surface area contributed by atoms with Gasteiger partial charge in [0, 0.05) is 37.0 Å². The molecule has 190 valence electrons. The maximum absolute atomic E-state index is 15.1. The zero-order chi connectivity index (χ0) is 26.3. The van der Waals surface area contributed by atoms with E-state index in [2.05, 4.69) is 4.98 Å². The van der Waals surface area contributed by atoms with Crippen molar-refractivity contribution < 1.29 is 36.9 Å². The molecular formula is C23H26F4N4O4. The predicted octanol–water partition coefficient (Wildman–Crippen LogP) is 4.58. The van der Waals surface area contributed by atoms with Crippen molar-refractivity contribution in [2.24, 2.45) is 0 Å². The SMILES string of the molecule is CCN(C(=N)CO)C(=O)N(C)c1cc(O[C@@H](C)C(F)(F)F)c(/C=C/c2cccnc2OC)cc1F. The molecule has 0 radical (unpaired) electrons. The summed E-state index contributed by atoms with van der Waals surface area (Å²) >= 11 is 0. The number of rotatable bonds is 8. The maximum Gasteiger partial charge on any atom is 0.425 e. The molecule has 0 bridgehead atoms. The van der Waals surface area contributed by atoms with Gasteiger partial charge in [-0.15, -0.1) is 0 Å². The molecule has 0 saturated heterocycles. The molecule has 2 aromatic rings. The third kappa shape index (κ3) is 6.69. The number of ether oxygens (including phenoxy) is 2. The number of aromatic nitrogens is 1. The molecule has 12 heteroatoms. The Bertz CT molecular complexity index is 1090. The van der Waals surface area contributed by atoms with Gasteiger partial charge in [-0.3, -0.25) is 15.2 Å². The number of likely N-dealkylation sites (N-methyl/N-ethyl adjacent to an activating group) is 1. The van der Waals surface area contributed by atoms with Gasteiger partial charge in [0.15, 0.2) is 6.10 Å². The van der Waals surface area contributed by atoms with Gasteiger partial charge in [0.2, 0.25) is 5.88 Å². The molecule has 8 nitrogen and oxygen atoms in total. The van der Waals surface area contributed by atoms with Gasteiger partial charge in [0.05, 0.1) is 12.8 Å². The molecule has 0 aliphatic rings. The Labute approximate surface area is 199 Å². The average Bonchev–Trinajstić information content (AvgIpc) is 2.83. The van der Waals surface area contributed by atoms with E-state index in [0.717, 1.165) is 28.9 Å². The number of aliphatic hydroxyl groups is 1. The molecule has 1 aromatic heterocycles. The van der Waals surface area contributed by atoms with Crippen molar-refractivity contribution in [1.29, 1.82) is 5.41 Å². The second-order valence-electron chi connectivity index (χ2n) is 7.27. The zero-order valence-corrected chi connectivity index (χ0v) is 19.6. The van der Waals surface area contributed by atoms with Crippen LogP contribution in [0.25, 0.3) is 12.2 Å². The first-order valence-electron chi connectivity index (χ1n) is 10.4. The van der Waals surface area contributed by atoms with Gasteiger partial charge in [-0.25, -0.2) is 14.2 Å². The Morgan fingerprint density at radius 1 is 1.29 bits per heavy atom. The topological polar surface area (TPSA) is 99.0 Å². The molecular weight excluding hydrogens is 472 g/mol. The third-order valence-electron chi connectivity index (χ3n) is 4.95. The second-order valence-corrected chi connectivity index (χ2v) is 7.27. The average molecular weight is 498 g/mol. The molecule has 35 heavy (non-hydrogen) atoms. The van der Waals surface area contributed by atoms with Crippen LogP contribution in [0, 0.1) is 11.2 Å². The maximum atomic E-state index is 15.1. The van der Waals surface area contributed by atoms with Crippen LogP contribution in [0.5, 0.6) is 11.6 Å². The number of carbonyl (C=O) groups is 1. The summed E-state index contributed by atoms with van der Waals surface area (Å²) < 4.78 is 64.9. The number of nitrogens with zero attached hydrogens (tertiary/aromatic N) is 3. The Morgan fingerprint density at radius 2 is 1.94 bits per heavy atom. The van der Waals surface area contributed by atoms with Crippen molar-refractivity contribution in [3.63, 3.8) is 0 Å². The summed E-state index contributed by atoms with van der Waals surface area (Å²) in [4.78, 5) is 18.5. The summed E-state index contributed by atoms with van der Waals surface area (Å²) in [7, 11) is 2.59. The van der Waals surface area contributed by atoms with Gasteiger partial charge >= 0.3 is 12.2 Å². The second kappa shape index (κ2) is 11.6. The first kappa shape index (κ1) is 27.6. The van der Waals surface area contributed by atoms with Crippen LogP contribution < -0.4 is 14.4 Å². The predicted molar refractivity (Wildman–Crippen MR) is 123 cm³/mol. The number of hydrogen-bond donors (Lipinski definition) is 2. The van der Waals surface area contributed by atoms with E-state index in [1.165, 1.54) is 32.5 Å². The molecule has 0 fully saturated rings. The summed E-state index contributed by atoms with van der Waals surface area (Å²) in [6.07, 6.45) is -2.61. The highest BCUT2D eigenvalue weighted by Gasteiger charge is 2.38. The van der Waals surface area contributed by atoms with Crippen LogP contribution in [0.4, 0.5) is 28.0 Å². The van der Waals surface area contributed by atoms with Gasteiger partial charge in [0.25, 0.3) is 0 Å². The van der Waals surface area contributed by atoms with Gasteiger partial charge in [-0.2, -0.15) is 13.2 Å². The molecule has 0 aliphatic carbocycles. The molecule has 1 atom stereocenters. The Kier molecular flexibility index (Phi) is 9.18. The Balaban J connectivity index is 2.55. The monoisotopic (exact) mass is 498 g/mol. The van der Waals surface area contributed by atoms with Crippen LogP contribution in [-0.4, -0.2) is 66.4 Å². The minimum Gasteiger partial charge on any atom is -0.481 e. The lowest BCUT2D eigenvalue weighted by Crippen LogP contribution is -2.45. The Hall–Kier alpha value is -3.67. The standard InChI is InChI=1S/C23H26F4N4O4/c1-5-31(20(28)13-32)22(33)30(3)18-12-19(35-14(2)23(25,26)27)16(11-17(18)24)9-8-15-7-6-10-29-21(15)34-4/h6-12,14,28,32H,5,13H2,1-4H3/b9-8+,28-20?/t14-/m0/s1. The van der Waals surface area contributed by atoms with Crippen LogP contribution in [-0.2, 0) is 0 Å². The number of nitrogens with one attached hydrogen (secondary N) is 1. The lowest BCUT2D eigenvalue weighted by atomic mass is 10.1. The molecule has 2 amide bonds. The number of aliphatic hydroxyl groups excluding tert-OH is 1. The number of amidine groups is 1. The van der Waals surface area contributed by atoms with E-state index in [0.29, 0.717) is 5.56 Å². The van der Waals surface area contributed by atoms with Gasteiger partial charge in [-0.05, 0) is 38.1 Å². The number of anilines is 1. The van der Waals surface area contributed by atoms with E-state index < -0.39 is 36.6 Å². The molecule has 1 heterocycles. The first-order chi connectivity index (χ1) is 16.4. The zero-order valence-electron chi connectivity index (χ0n) is 19.6. The van der Waals surface area contributed by atoms with Crippen molar-refractivity contribution in [1.82, 2.24) is 9.88 Å². The quantitative estimate of drug-likeness (QED) is 0.316. The van der Waals surface area contributed by atoms with E-state index >= 15 is 4.39 Å². The van der Waals surface area contributed by atoms with Crippen LogP contribution in [0.15, 0.2) is 30.5 Å². The molecule has 0 aliphatic heterocycles. The fourth-order valence-corrected chi connectivity index (χ4v) is 3.00. The van der Waals surface area contributed by atoms with Crippen LogP contribution in [0.3, 0.4) is 0 Å². The number of amides is 2. The number of urea groups is 1. The molecule has 0 saturated carbocycles. The Morgan fingerprint density at radius 3 is 2.51 bits per heavy atom. The highest BCUT2D eigenvalue weighted by atomic mass is 19.4. The largest absolute Gasteiger partial charge is 0.481 e. The highest BCUT2D eigenvalue weighted by Crippen LogP contribution is 2.34. The van der Waals surface area contributed by atoms with Gasteiger partial charge < -0.3 is 14.6 Å². The van der Waals surface area contributed by atoms with Crippen molar-refractivity contribution in [2.45, 2.75) is 26.1 Å². The number of hydrogen-bond acceptors (Lipinski definition) is 6. The number of carbonyl (C=O) groups excluding carboxylic acids is 1. The molecule has 0 unspecified atom stereocenters. The van der Waals surface area contributed by atoms with E-state index in [-0.39, 0.29) is 29.4 Å². The van der Waals surface area contributed by atoms with E-state index in [1.807, 2.05) is 0 Å². The lowest BCUT2D eigenvalue weighted by molar-refractivity contribution is -0.189. The van der Waals surface area contributed by atoms with Crippen molar-refractivity contribution in [2.75, 3.05) is 32.2 Å². The summed E-state index contributed by atoms with van der Waals surface area (Å²) in [5, 5.41) is 16.9. The fraction of sp³-hybridized carbons (Fsp3) is 0.348. The first-order valence-corrected chi connectivity index (χ1v) is 10.4. The van der Waals surface area contributed by atoms with Crippen LogP contribution >= 0.6 is 0 Å². The smallest absolute Gasteiger partial charge is 0.425 e. The molecule has 2 rings (SSSR count). The number of halogens is 4. The normalized spacial score (nSPS) is 12.4. The van der Waals surface area contributed by atoms with Crippen LogP contribution in [0.1, 0.15) is 25.0 Å². The number of alkyl halides is 3. The minimum absolute atomic E-state index is 0.00637. The van der Waals surface area contributed by atoms with Crippen molar-refractivity contribution in [3.8, 4) is 11.6 Å². The van der Waals surface area contributed by atoms with Crippen molar-refractivity contribution in [3.05, 3.63) is 47.4 Å². The number of benzene rings is 1. The number of methoxy groups -OCH3 is 1. The van der Waals surface area contributed by atoms with Gasteiger partial charge in [0.1, 0.15) is 24.0 Å². The fourth-order valence-electron chi connectivity index (χ4n) is 3.00. The van der Waals surface area contributed by atoms with E-state index in [1.54, 1.807) is 19.1 Å². The van der Waals surface area contributed by atoms with Crippen molar-refractivity contribution >= 4 is 29.7 Å². The van der Waals surface area contributed by atoms with Crippen LogP contribution in [0.2, 0.25) is 0 Å².